The van der Waals surface area contributed by atoms with Gasteiger partial charge in [-0.1, -0.05) is 17.4 Å². The number of halogens is 1. The van der Waals surface area contributed by atoms with Gasteiger partial charge in [0.15, 0.2) is 5.13 Å². The monoisotopic (exact) mass is 311 g/mol. The van der Waals surface area contributed by atoms with E-state index in [1.807, 2.05) is 13.0 Å². The van der Waals surface area contributed by atoms with Crippen molar-refractivity contribution in [1.82, 2.24) is 4.98 Å². The van der Waals surface area contributed by atoms with E-state index in [4.69, 9.17) is 5.73 Å². The molecule has 1 amide bonds. The van der Waals surface area contributed by atoms with Crippen LogP contribution in [-0.2, 0) is 0 Å². The Hall–Kier alpha value is -1.40. The quantitative estimate of drug-likeness (QED) is 0.838. The van der Waals surface area contributed by atoms with Crippen LogP contribution in [0, 0.1) is 6.92 Å². The summed E-state index contributed by atoms with van der Waals surface area (Å²) in [6, 6.07) is 5.25. The molecule has 88 valence electrons. The molecule has 0 spiro atoms. The molecule has 1 aromatic carbocycles. The molecule has 6 heteroatoms. The Balaban J connectivity index is 2.22. The molecule has 17 heavy (non-hydrogen) atoms. The Labute approximate surface area is 111 Å². The molecule has 0 bridgehead atoms. The van der Waals surface area contributed by atoms with E-state index in [1.54, 1.807) is 18.3 Å². The van der Waals surface area contributed by atoms with Crippen molar-refractivity contribution in [3.63, 3.8) is 0 Å². The minimum absolute atomic E-state index is 0.198. The molecule has 0 unspecified atom stereocenters. The first-order valence-corrected chi connectivity index (χ1v) is 6.46. The number of thiazole rings is 1. The third-order valence-corrected chi connectivity index (χ3v) is 3.60. The number of nitrogens with two attached hydrogens (primary N) is 1. The number of rotatable bonds is 2. The smallest absolute Gasteiger partial charge is 0.257 e. The lowest BCUT2D eigenvalue weighted by Crippen LogP contribution is -2.13. The average Bonchev–Trinajstić information content (AvgIpc) is 2.67. The fourth-order valence-corrected chi connectivity index (χ4v) is 2.46. The Morgan fingerprint density at radius 2 is 2.29 bits per heavy atom. The number of carbonyl (C=O) groups excluding carboxylic acids is 1. The largest absolute Gasteiger partial charge is 0.399 e. The molecular weight excluding hydrogens is 302 g/mol. The van der Waals surface area contributed by atoms with Gasteiger partial charge in [-0.05, 0) is 40.5 Å². The first-order chi connectivity index (χ1) is 8.06. The van der Waals surface area contributed by atoms with Crippen LogP contribution in [0.3, 0.4) is 0 Å². The Kier molecular flexibility index (Phi) is 3.44. The molecule has 0 saturated heterocycles. The zero-order chi connectivity index (χ0) is 12.4. The number of anilines is 2. The summed E-state index contributed by atoms with van der Waals surface area (Å²) in [7, 11) is 0. The summed E-state index contributed by atoms with van der Waals surface area (Å²) in [6.07, 6.45) is 1.65. The number of amides is 1. The maximum absolute atomic E-state index is 12.0. The highest BCUT2D eigenvalue weighted by atomic mass is 79.9. The number of aryl methyl sites for hydroxylation is 1. The van der Waals surface area contributed by atoms with Gasteiger partial charge in [-0.3, -0.25) is 10.1 Å². The number of nitrogens with one attached hydrogen (secondary N) is 1. The van der Waals surface area contributed by atoms with E-state index in [2.05, 4.69) is 26.2 Å². The minimum atomic E-state index is -0.198. The van der Waals surface area contributed by atoms with Gasteiger partial charge in [0.25, 0.3) is 5.91 Å². The molecule has 1 aromatic heterocycles. The molecular formula is C11H10BrN3OS. The fraction of sp³-hybridized carbons (Fsp3) is 0.0909. The highest BCUT2D eigenvalue weighted by molar-refractivity contribution is 9.11. The number of nitrogen functional groups attached to an aromatic ring is 1. The Morgan fingerprint density at radius 3 is 2.94 bits per heavy atom. The molecule has 3 N–H and O–H groups in total. The van der Waals surface area contributed by atoms with E-state index in [0.29, 0.717) is 16.4 Å². The molecule has 0 aliphatic heterocycles. The van der Waals surface area contributed by atoms with Crippen molar-refractivity contribution in [2.75, 3.05) is 11.1 Å². The van der Waals surface area contributed by atoms with Gasteiger partial charge in [0.05, 0.1) is 9.98 Å². The molecule has 0 atom stereocenters. The lowest BCUT2D eigenvalue weighted by molar-refractivity contribution is 0.102. The number of hydrogen-bond acceptors (Lipinski definition) is 4. The molecule has 0 saturated carbocycles. The van der Waals surface area contributed by atoms with E-state index >= 15 is 0 Å². The summed E-state index contributed by atoms with van der Waals surface area (Å²) in [5, 5.41) is 3.29. The Morgan fingerprint density at radius 1 is 1.53 bits per heavy atom. The predicted octanol–water partition coefficient (Wildman–Crippen LogP) is 3.05. The molecule has 1 heterocycles. The minimum Gasteiger partial charge on any atom is -0.399 e. The second-order valence-corrected chi connectivity index (χ2v) is 5.91. The van der Waals surface area contributed by atoms with Crippen LogP contribution in [0.25, 0.3) is 0 Å². The van der Waals surface area contributed by atoms with Crippen molar-refractivity contribution < 1.29 is 4.79 Å². The first kappa shape index (κ1) is 12.1. The zero-order valence-electron chi connectivity index (χ0n) is 9.03. The van der Waals surface area contributed by atoms with Crippen LogP contribution >= 0.6 is 27.3 Å². The summed E-state index contributed by atoms with van der Waals surface area (Å²) in [4.78, 5) is 16.0. The van der Waals surface area contributed by atoms with Gasteiger partial charge in [0.1, 0.15) is 0 Å². The fourth-order valence-electron chi connectivity index (χ4n) is 1.36. The normalized spacial score (nSPS) is 10.2. The second kappa shape index (κ2) is 4.85. The van der Waals surface area contributed by atoms with Gasteiger partial charge in [0.2, 0.25) is 0 Å². The zero-order valence-corrected chi connectivity index (χ0v) is 11.4. The molecule has 2 aromatic rings. The van der Waals surface area contributed by atoms with Crippen molar-refractivity contribution in [1.29, 1.82) is 0 Å². The van der Waals surface area contributed by atoms with Crippen LogP contribution in [0.4, 0.5) is 10.8 Å². The SMILES string of the molecule is Cc1ccc(N)cc1C(=O)Nc1ncc(Br)s1. The van der Waals surface area contributed by atoms with Crippen LogP contribution in [0.5, 0.6) is 0 Å². The van der Waals surface area contributed by atoms with E-state index in [0.717, 1.165) is 9.35 Å². The summed E-state index contributed by atoms with van der Waals surface area (Å²) in [5.74, 6) is -0.198. The van der Waals surface area contributed by atoms with Crippen molar-refractivity contribution in [2.24, 2.45) is 0 Å². The van der Waals surface area contributed by atoms with Crippen molar-refractivity contribution in [3.8, 4) is 0 Å². The number of carbonyl (C=O) groups is 1. The van der Waals surface area contributed by atoms with Crippen LogP contribution < -0.4 is 11.1 Å². The average molecular weight is 312 g/mol. The topological polar surface area (TPSA) is 68.0 Å². The predicted molar refractivity (Wildman–Crippen MR) is 73.4 cm³/mol. The molecule has 0 aliphatic carbocycles. The Bertz CT molecular complexity index is 568. The lowest BCUT2D eigenvalue weighted by Gasteiger charge is -2.06. The maximum Gasteiger partial charge on any atom is 0.257 e. The van der Waals surface area contributed by atoms with Gasteiger partial charge < -0.3 is 5.73 Å². The summed E-state index contributed by atoms with van der Waals surface area (Å²) < 4.78 is 0.872. The molecule has 2 rings (SSSR count). The van der Waals surface area contributed by atoms with Gasteiger partial charge in [-0.15, -0.1) is 0 Å². The van der Waals surface area contributed by atoms with Crippen molar-refractivity contribution in [2.45, 2.75) is 6.92 Å². The lowest BCUT2D eigenvalue weighted by atomic mass is 10.1. The van der Waals surface area contributed by atoms with E-state index in [-0.39, 0.29) is 5.91 Å². The second-order valence-electron chi connectivity index (χ2n) is 3.50. The maximum atomic E-state index is 12.0. The van der Waals surface area contributed by atoms with Crippen LogP contribution in [0.15, 0.2) is 28.2 Å². The summed E-state index contributed by atoms with van der Waals surface area (Å²) in [5.41, 5.74) is 7.68. The number of hydrogen-bond donors (Lipinski definition) is 2. The third-order valence-electron chi connectivity index (χ3n) is 2.20. The van der Waals surface area contributed by atoms with E-state index < -0.39 is 0 Å². The van der Waals surface area contributed by atoms with Gasteiger partial charge in [-0.25, -0.2) is 4.98 Å². The summed E-state index contributed by atoms with van der Waals surface area (Å²) in [6.45, 7) is 1.87. The first-order valence-electron chi connectivity index (χ1n) is 4.85. The van der Waals surface area contributed by atoms with Gasteiger partial charge in [0, 0.05) is 11.3 Å². The molecule has 0 fully saturated rings. The third kappa shape index (κ3) is 2.83. The standard InChI is InChI=1S/C11H10BrN3OS/c1-6-2-3-7(13)4-8(6)10(16)15-11-14-5-9(12)17-11/h2-5H,13H2,1H3,(H,14,15,16). The highest BCUT2D eigenvalue weighted by Crippen LogP contribution is 2.24. The van der Waals surface area contributed by atoms with E-state index in [1.165, 1.54) is 11.3 Å². The molecule has 0 radical (unpaired) electrons. The van der Waals surface area contributed by atoms with Crippen LogP contribution in [-0.4, -0.2) is 10.9 Å². The number of aromatic nitrogens is 1. The van der Waals surface area contributed by atoms with Gasteiger partial charge >= 0.3 is 0 Å². The van der Waals surface area contributed by atoms with Crippen molar-refractivity contribution in [3.05, 3.63) is 39.3 Å². The van der Waals surface area contributed by atoms with Crippen LogP contribution in [0.1, 0.15) is 15.9 Å². The van der Waals surface area contributed by atoms with Gasteiger partial charge in [-0.2, -0.15) is 0 Å². The number of nitrogens with zero attached hydrogens (tertiary/aromatic N) is 1. The van der Waals surface area contributed by atoms with Crippen LogP contribution in [0.2, 0.25) is 0 Å². The molecule has 4 nitrogen and oxygen atoms in total. The molecule has 0 aliphatic rings. The van der Waals surface area contributed by atoms with Crippen molar-refractivity contribution >= 4 is 44.0 Å². The highest BCUT2D eigenvalue weighted by Gasteiger charge is 2.11. The number of benzene rings is 1. The van der Waals surface area contributed by atoms with E-state index in [9.17, 15) is 4.79 Å². The summed E-state index contributed by atoms with van der Waals surface area (Å²) >= 11 is 4.65.